The fraction of sp³-hybridized carbons (Fsp3) is 0.333. The first-order valence-corrected chi connectivity index (χ1v) is 5.06. The average molecular weight is 219 g/mol. The Morgan fingerprint density at radius 2 is 2.00 bits per heavy atom. The van der Waals surface area contributed by atoms with E-state index in [1.54, 1.807) is 20.1 Å². The Morgan fingerprint density at radius 1 is 1.31 bits per heavy atom. The number of carbonyl (C=O) groups is 2. The second kappa shape index (κ2) is 3.63. The van der Waals surface area contributed by atoms with Crippen molar-refractivity contribution in [2.75, 3.05) is 7.11 Å². The van der Waals surface area contributed by atoms with Crippen LogP contribution in [0.4, 0.5) is 0 Å². The zero-order valence-electron chi connectivity index (χ0n) is 9.24. The number of hydrogen-bond donors (Lipinski definition) is 1. The third kappa shape index (κ3) is 1.46. The smallest absolute Gasteiger partial charge is 0.237 e. The van der Waals surface area contributed by atoms with E-state index in [0.29, 0.717) is 5.75 Å². The molecule has 1 unspecified atom stereocenters. The van der Waals surface area contributed by atoms with E-state index in [4.69, 9.17) is 4.74 Å². The van der Waals surface area contributed by atoms with Crippen LogP contribution in [0.3, 0.4) is 0 Å². The Balaban J connectivity index is 2.51. The van der Waals surface area contributed by atoms with Crippen molar-refractivity contribution < 1.29 is 14.3 Å². The third-order valence-corrected chi connectivity index (χ3v) is 2.97. The molecule has 2 amide bonds. The van der Waals surface area contributed by atoms with Gasteiger partial charge in [0.1, 0.15) is 5.75 Å². The van der Waals surface area contributed by atoms with E-state index in [1.165, 1.54) is 0 Å². The van der Waals surface area contributed by atoms with Crippen LogP contribution in [0.5, 0.6) is 5.75 Å². The van der Waals surface area contributed by atoms with Crippen molar-refractivity contribution in [1.82, 2.24) is 5.32 Å². The van der Waals surface area contributed by atoms with Gasteiger partial charge in [-0.25, -0.2) is 0 Å². The number of methoxy groups -OCH3 is 1. The molecule has 1 aliphatic rings. The third-order valence-electron chi connectivity index (χ3n) is 2.97. The van der Waals surface area contributed by atoms with E-state index in [9.17, 15) is 9.59 Å². The minimum Gasteiger partial charge on any atom is -0.496 e. The first kappa shape index (κ1) is 10.7. The van der Waals surface area contributed by atoms with E-state index in [0.717, 1.165) is 5.56 Å². The molecule has 4 heteroatoms. The van der Waals surface area contributed by atoms with Gasteiger partial charge in [0, 0.05) is 12.0 Å². The fourth-order valence-corrected chi connectivity index (χ4v) is 2.03. The van der Waals surface area contributed by atoms with Gasteiger partial charge in [-0.05, 0) is 13.0 Å². The normalized spacial score (nSPS) is 24.4. The molecular weight excluding hydrogens is 206 g/mol. The number of amides is 2. The van der Waals surface area contributed by atoms with Crippen LogP contribution in [0.2, 0.25) is 0 Å². The summed E-state index contributed by atoms with van der Waals surface area (Å²) in [7, 11) is 1.55. The average Bonchev–Trinajstić information content (AvgIpc) is 2.53. The van der Waals surface area contributed by atoms with Crippen LogP contribution in [0.15, 0.2) is 24.3 Å². The largest absolute Gasteiger partial charge is 0.496 e. The van der Waals surface area contributed by atoms with Crippen LogP contribution < -0.4 is 10.1 Å². The quantitative estimate of drug-likeness (QED) is 0.755. The summed E-state index contributed by atoms with van der Waals surface area (Å²) in [6, 6.07) is 7.27. The lowest BCUT2D eigenvalue weighted by atomic mass is 9.80. The van der Waals surface area contributed by atoms with Crippen molar-refractivity contribution in [3.8, 4) is 5.75 Å². The molecule has 1 fully saturated rings. The summed E-state index contributed by atoms with van der Waals surface area (Å²) in [6.07, 6.45) is 0.173. The van der Waals surface area contributed by atoms with Crippen LogP contribution in [-0.2, 0) is 15.0 Å². The van der Waals surface area contributed by atoms with Crippen LogP contribution in [0.25, 0.3) is 0 Å². The SMILES string of the molecule is COc1ccccc1C1(C)CC(=O)NC1=O. The van der Waals surface area contributed by atoms with Crippen molar-refractivity contribution >= 4 is 11.8 Å². The molecule has 0 aliphatic carbocycles. The highest BCUT2D eigenvalue weighted by Gasteiger charge is 2.45. The number of carbonyl (C=O) groups excluding carboxylic acids is 2. The number of hydrogen-bond acceptors (Lipinski definition) is 3. The number of imide groups is 1. The van der Waals surface area contributed by atoms with E-state index < -0.39 is 5.41 Å². The Labute approximate surface area is 93.6 Å². The lowest BCUT2D eigenvalue weighted by Gasteiger charge is -2.22. The summed E-state index contributed by atoms with van der Waals surface area (Å²) in [6.45, 7) is 1.76. The number of ether oxygens (including phenoxy) is 1. The Bertz CT molecular complexity index is 455. The lowest BCUT2D eigenvalue weighted by molar-refractivity contribution is -0.126. The number of nitrogens with one attached hydrogen (secondary N) is 1. The predicted octanol–water partition coefficient (Wildman–Crippen LogP) is 0.999. The molecule has 84 valence electrons. The Morgan fingerprint density at radius 3 is 2.56 bits per heavy atom. The first-order chi connectivity index (χ1) is 7.58. The van der Waals surface area contributed by atoms with Crippen molar-refractivity contribution in [2.45, 2.75) is 18.8 Å². The van der Waals surface area contributed by atoms with Crippen molar-refractivity contribution in [1.29, 1.82) is 0 Å². The highest BCUT2D eigenvalue weighted by atomic mass is 16.5. The van der Waals surface area contributed by atoms with Crippen LogP contribution in [-0.4, -0.2) is 18.9 Å². The second-order valence-electron chi connectivity index (χ2n) is 4.09. The summed E-state index contributed by atoms with van der Waals surface area (Å²) in [5.74, 6) is 0.134. The van der Waals surface area contributed by atoms with Gasteiger partial charge < -0.3 is 4.74 Å². The predicted molar refractivity (Wildman–Crippen MR) is 58.1 cm³/mol. The molecule has 0 saturated carbocycles. The summed E-state index contributed by atoms with van der Waals surface area (Å²) in [5.41, 5.74) is -0.0650. The highest BCUT2D eigenvalue weighted by Crippen LogP contribution is 2.37. The molecule has 2 rings (SSSR count). The van der Waals surface area contributed by atoms with Crippen LogP contribution >= 0.6 is 0 Å². The van der Waals surface area contributed by atoms with Crippen molar-refractivity contribution in [3.63, 3.8) is 0 Å². The van der Waals surface area contributed by atoms with Gasteiger partial charge in [-0.2, -0.15) is 0 Å². The van der Waals surface area contributed by atoms with Gasteiger partial charge in [0.05, 0.1) is 12.5 Å². The maximum Gasteiger partial charge on any atom is 0.237 e. The molecule has 0 aromatic heterocycles. The molecule has 1 N–H and O–H groups in total. The van der Waals surface area contributed by atoms with E-state index in [2.05, 4.69) is 5.32 Å². The second-order valence-corrected chi connectivity index (χ2v) is 4.09. The summed E-state index contributed by atoms with van der Waals surface area (Å²) >= 11 is 0. The van der Waals surface area contributed by atoms with Gasteiger partial charge in [-0.15, -0.1) is 0 Å². The van der Waals surface area contributed by atoms with E-state index in [-0.39, 0.29) is 18.2 Å². The molecule has 16 heavy (non-hydrogen) atoms. The van der Waals surface area contributed by atoms with E-state index in [1.807, 2.05) is 18.2 Å². The van der Waals surface area contributed by atoms with Gasteiger partial charge in [0.2, 0.25) is 11.8 Å². The molecule has 0 bridgehead atoms. The summed E-state index contributed by atoms with van der Waals surface area (Å²) in [4.78, 5) is 23.1. The van der Waals surface area contributed by atoms with Crippen LogP contribution in [0, 0.1) is 0 Å². The molecule has 1 atom stereocenters. The number of para-hydroxylation sites is 1. The van der Waals surface area contributed by atoms with Crippen LogP contribution in [0.1, 0.15) is 18.9 Å². The van der Waals surface area contributed by atoms with Gasteiger partial charge in [0.15, 0.2) is 0 Å². The number of benzene rings is 1. The summed E-state index contributed by atoms with van der Waals surface area (Å²) < 4.78 is 5.22. The fourth-order valence-electron chi connectivity index (χ4n) is 2.03. The van der Waals surface area contributed by atoms with Gasteiger partial charge in [0.25, 0.3) is 0 Å². The molecule has 1 aliphatic heterocycles. The molecule has 0 spiro atoms. The lowest BCUT2D eigenvalue weighted by Crippen LogP contribution is -2.32. The maximum absolute atomic E-state index is 11.8. The molecular formula is C12H13NO3. The highest BCUT2D eigenvalue weighted by molar-refractivity contribution is 6.09. The van der Waals surface area contributed by atoms with Gasteiger partial charge in [-0.3, -0.25) is 14.9 Å². The molecule has 4 nitrogen and oxygen atoms in total. The molecule has 1 aromatic carbocycles. The molecule has 1 saturated heterocycles. The van der Waals surface area contributed by atoms with Crippen molar-refractivity contribution in [2.24, 2.45) is 0 Å². The Kier molecular flexibility index (Phi) is 2.42. The maximum atomic E-state index is 11.8. The first-order valence-electron chi connectivity index (χ1n) is 5.06. The van der Waals surface area contributed by atoms with Gasteiger partial charge >= 0.3 is 0 Å². The monoisotopic (exact) mass is 219 g/mol. The zero-order chi connectivity index (χ0) is 11.8. The van der Waals surface area contributed by atoms with E-state index >= 15 is 0 Å². The zero-order valence-corrected chi connectivity index (χ0v) is 9.24. The Hall–Kier alpha value is -1.84. The van der Waals surface area contributed by atoms with Gasteiger partial charge in [-0.1, -0.05) is 18.2 Å². The molecule has 1 aromatic rings. The topological polar surface area (TPSA) is 55.4 Å². The molecule has 1 heterocycles. The number of rotatable bonds is 2. The van der Waals surface area contributed by atoms with Crippen molar-refractivity contribution in [3.05, 3.63) is 29.8 Å². The summed E-state index contributed by atoms with van der Waals surface area (Å²) in [5, 5.41) is 2.32. The minimum absolute atomic E-state index is 0.173. The minimum atomic E-state index is -0.816. The standard InChI is InChI=1S/C12H13NO3/c1-12(7-10(14)13-11(12)15)8-5-3-4-6-9(8)16-2/h3-6H,7H2,1-2H3,(H,13,14,15). The molecule has 0 radical (unpaired) electrons.